The van der Waals surface area contributed by atoms with Crippen LogP contribution in [0, 0.1) is 6.92 Å². The van der Waals surface area contributed by atoms with E-state index in [4.69, 9.17) is 4.42 Å². The first-order chi connectivity index (χ1) is 12.4. The third-order valence-corrected chi connectivity index (χ3v) is 4.01. The van der Waals surface area contributed by atoms with Gasteiger partial charge in [0.25, 0.3) is 0 Å². The summed E-state index contributed by atoms with van der Waals surface area (Å²) in [6.45, 7) is 1.65. The Balaban J connectivity index is 1.64. The molecule has 134 valence electrons. The van der Waals surface area contributed by atoms with Crippen molar-refractivity contribution < 1.29 is 14.0 Å². The zero-order valence-corrected chi connectivity index (χ0v) is 14.6. The van der Waals surface area contributed by atoms with Crippen molar-refractivity contribution in [1.29, 1.82) is 0 Å². The minimum absolute atomic E-state index is 0.114. The van der Waals surface area contributed by atoms with Gasteiger partial charge in [-0.3, -0.25) is 14.2 Å². The minimum Gasteiger partial charge on any atom is -0.408 e. The van der Waals surface area contributed by atoms with Crippen LogP contribution in [0.15, 0.2) is 57.7 Å². The average molecular weight is 353 g/mol. The number of fused-ring (bicyclic) bond motifs is 1. The van der Waals surface area contributed by atoms with Gasteiger partial charge >= 0.3 is 5.76 Å². The molecule has 0 saturated carbocycles. The number of rotatable bonds is 5. The van der Waals surface area contributed by atoms with Gasteiger partial charge in [-0.05, 0) is 31.2 Å². The molecule has 1 heterocycles. The van der Waals surface area contributed by atoms with E-state index in [0.29, 0.717) is 16.8 Å². The Kier molecular flexibility index (Phi) is 4.88. The van der Waals surface area contributed by atoms with Crippen molar-refractivity contribution in [2.45, 2.75) is 13.5 Å². The summed E-state index contributed by atoms with van der Waals surface area (Å²) in [5.41, 5.74) is 2.72. The van der Waals surface area contributed by atoms with Crippen LogP contribution >= 0.6 is 0 Å². The summed E-state index contributed by atoms with van der Waals surface area (Å²) >= 11 is 0. The number of benzene rings is 2. The first-order valence-corrected chi connectivity index (χ1v) is 8.13. The van der Waals surface area contributed by atoms with Crippen LogP contribution in [-0.4, -0.2) is 34.9 Å². The monoisotopic (exact) mass is 353 g/mol. The fraction of sp³-hybridized carbons (Fsp3) is 0.211. The highest BCUT2D eigenvalue weighted by Gasteiger charge is 2.17. The first-order valence-electron chi connectivity index (χ1n) is 8.13. The number of carbonyl (C=O) groups excluding carboxylic acids is 2. The van der Waals surface area contributed by atoms with Crippen molar-refractivity contribution in [3.8, 4) is 0 Å². The largest absolute Gasteiger partial charge is 0.420 e. The fourth-order valence-corrected chi connectivity index (χ4v) is 2.56. The fourth-order valence-electron chi connectivity index (χ4n) is 2.56. The quantitative estimate of drug-likeness (QED) is 0.760. The van der Waals surface area contributed by atoms with Crippen LogP contribution in [0.4, 0.5) is 5.69 Å². The normalized spacial score (nSPS) is 10.7. The van der Waals surface area contributed by atoms with Gasteiger partial charge in [-0.15, -0.1) is 0 Å². The lowest BCUT2D eigenvalue weighted by atomic mass is 10.2. The smallest absolute Gasteiger partial charge is 0.408 e. The summed E-state index contributed by atoms with van der Waals surface area (Å²) in [6, 6.07) is 14.3. The van der Waals surface area contributed by atoms with E-state index in [1.807, 2.05) is 19.1 Å². The maximum Gasteiger partial charge on any atom is 0.420 e. The van der Waals surface area contributed by atoms with Crippen LogP contribution in [0.25, 0.3) is 11.1 Å². The van der Waals surface area contributed by atoms with E-state index in [0.717, 1.165) is 5.56 Å². The summed E-state index contributed by atoms with van der Waals surface area (Å²) in [7, 11) is 1.52. The van der Waals surface area contributed by atoms with Gasteiger partial charge in [-0.1, -0.05) is 29.8 Å². The Bertz CT molecular complexity index is 1000. The molecule has 0 aliphatic heterocycles. The second-order valence-corrected chi connectivity index (χ2v) is 6.09. The van der Waals surface area contributed by atoms with E-state index in [1.165, 1.54) is 16.5 Å². The van der Waals surface area contributed by atoms with Crippen molar-refractivity contribution in [3.05, 3.63) is 64.6 Å². The molecule has 0 aliphatic carbocycles. The minimum atomic E-state index is -0.600. The predicted molar refractivity (Wildman–Crippen MR) is 97.9 cm³/mol. The molecule has 7 heteroatoms. The van der Waals surface area contributed by atoms with Gasteiger partial charge < -0.3 is 14.6 Å². The second kappa shape index (κ2) is 7.26. The number of hydrogen-bond acceptors (Lipinski definition) is 4. The molecule has 7 nitrogen and oxygen atoms in total. The second-order valence-electron chi connectivity index (χ2n) is 6.09. The van der Waals surface area contributed by atoms with Crippen LogP contribution < -0.4 is 11.1 Å². The lowest BCUT2D eigenvalue weighted by Gasteiger charge is -2.17. The molecular weight excluding hydrogens is 334 g/mol. The van der Waals surface area contributed by atoms with Crippen LogP contribution in [0.2, 0.25) is 0 Å². The zero-order valence-electron chi connectivity index (χ0n) is 14.6. The van der Waals surface area contributed by atoms with E-state index >= 15 is 0 Å². The number of nitrogens with zero attached hydrogens (tertiary/aromatic N) is 2. The molecule has 0 saturated heterocycles. The molecular formula is C19H19N3O4. The standard InChI is InChI=1S/C19H19N3O4/c1-13-7-9-14(10-8-13)20-17(23)11-21(2)18(24)12-22-15-5-3-4-6-16(15)26-19(22)25/h3-10H,11-12H2,1-2H3,(H,20,23). The molecule has 0 aliphatic rings. The van der Waals surface area contributed by atoms with Crippen molar-refractivity contribution in [2.24, 2.45) is 0 Å². The number of aryl methyl sites for hydroxylation is 1. The van der Waals surface area contributed by atoms with Gasteiger partial charge in [0.1, 0.15) is 6.54 Å². The molecule has 3 rings (SSSR count). The van der Waals surface area contributed by atoms with Crippen molar-refractivity contribution >= 4 is 28.6 Å². The average Bonchev–Trinajstić information content (AvgIpc) is 2.92. The Morgan fingerprint density at radius 3 is 2.54 bits per heavy atom. The number of hydrogen-bond donors (Lipinski definition) is 1. The van der Waals surface area contributed by atoms with E-state index in [1.54, 1.807) is 36.4 Å². The lowest BCUT2D eigenvalue weighted by molar-refractivity contribution is -0.133. The number of nitrogens with one attached hydrogen (secondary N) is 1. The van der Waals surface area contributed by atoms with Crippen LogP contribution in [0.3, 0.4) is 0 Å². The Hall–Kier alpha value is -3.35. The van der Waals surface area contributed by atoms with E-state index in [2.05, 4.69) is 5.32 Å². The highest BCUT2D eigenvalue weighted by Crippen LogP contribution is 2.12. The summed E-state index contributed by atoms with van der Waals surface area (Å²) in [5.74, 6) is -1.27. The summed E-state index contributed by atoms with van der Waals surface area (Å²) in [4.78, 5) is 37.7. The molecule has 2 amide bonds. The van der Waals surface area contributed by atoms with Crippen LogP contribution in [0.5, 0.6) is 0 Å². The Morgan fingerprint density at radius 2 is 1.81 bits per heavy atom. The van der Waals surface area contributed by atoms with Gasteiger partial charge in [0.2, 0.25) is 11.8 Å². The topological polar surface area (TPSA) is 84.5 Å². The molecule has 1 aromatic heterocycles. The maximum absolute atomic E-state index is 12.4. The molecule has 0 unspecified atom stereocenters. The van der Waals surface area contributed by atoms with Crippen molar-refractivity contribution in [2.75, 3.05) is 18.9 Å². The first kappa shape index (κ1) is 17.5. The highest BCUT2D eigenvalue weighted by atomic mass is 16.4. The Morgan fingerprint density at radius 1 is 1.12 bits per heavy atom. The summed E-state index contributed by atoms with van der Waals surface area (Å²) < 4.78 is 6.36. The summed E-state index contributed by atoms with van der Waals surface area (Å²) in [5, 5.41) is 2.73. The van der Waals surface area contributed by atoms with Gasteiger partial charge in [0.05, 0.1) is 12.1 Å². The number of oxazole rings is 1. The molecule has 26 heavy (non-hydrogen) atoms. The van der Waals surface area contributed by atoms with Crippen molar-refractivity contribution in [1.82, 2.24) is 9.47 Å². The number of likely N-dealkylation sites (N-methyl/N-ethyl adjacent to an activating group) is 1. The third-order valence-electron chi connectivity index (χ3n) is 4.01. The maximum atomic E-state index is 12.4. The lowest BCUT2D eigenvalue weighted by Crippen LogP contribution is -2.38. The number of anilines is 1. The SMILES string of the molecule is Cc1ccc(NC(=O)CN(C)C(=O)Cn2c(=O)oc3ccccc32)cc1. The summed E-state index contributed by atoms with van der Waals surface area (Å²) in [6.07, 6.45) is 0. The molecule has 3 aromatic rings. The molecule has 0 bridgehead atoms. The number of carbonyl (C=O) groups is 2. The zero-order chi connectivity index (χ0) is 18.7. The van der Waals surface area contributed by atoms with E-state index in [-0.39, 0.29) is 24.9 Å². The number of aromatic nitrogens is 1. The van der Waals surface area contributed by atoms with Gasteiger partial charge in [0.15, 0.2) is 5.58 Å². The van der Waals surface area contributed by atoms with Gasteiger partial charge in [-0.2, -0.15) is 0 Å². The molecule has 0 fully saturated rings. The predicted octanol–water partition coefficient (Wildman–Crippen LogP) is 2.00. The highest BCUT2D eigenvalue weighted by molar-refractivity contribution is 5.94. The van der Waals surface area contributed by atoms with E-state index in [9.17, 15) is 14.4 Å². The number of para-hydroxylation sites is 2. The third kappa shape index (κ3) is 3.83. The molecule has 0 radical (unpaired) electrons. The molecule has 0 atom stereocenters. The Labute approximate surface area is 149 Å². The van der Waals surface area contributed by atoms with Crippen LogP contribution in [-0.2, 0) is 16.1 Å². The number of amides is 2. The van der Waals surface area contributed by atoms with Crippen molar-refractivity contribution in [3.63, 3.8) is 0 Å². The molecule has 1 N–H and O–H groups in total. The van der Waals surface area contributed by atoms with Gasteiger partial charge in [-0.25, -0.2) is 4.79 Å². The van der Waals surface area contributed by atoms with Crippen LogP contribution in [0.1, 0.15) is 5.56 Å². The van der Waals surface area contributed by atoms with Gasteiger partial charge in [0, 0.05) is 12.7 Å². The molecule has 0 spiro atoms. The van der Waals surface area contributed by atoms with E-state index < -0.39 is 5.76 Å². The molecule has 2 aromatic carbocycles.